The molecule has 0 saturated carbocycles. The van der Waals surface area contributed by atoms with E-state index in [1.54, 1.807) is 0 Å². The van der Waals surface area contributed by atoms with Crippen LogP contribution in [-0.4, -0.2) is 43.5 Å². The lowest BCUT2D eigenvalue weighted by molar-refractivity contribution is 0.0513. The molecular formula is C22H26N4OS. The molecule has 6 heteroatoms. The third kappa shape index (κ3) is 3.81. The Kier molecular flexibility index (Phi) is 5.44. The average Bonchev–Trinajstić information content (AvgIpc) is 3.01. The summed E-state index contributed by atoms with van der Waals surface area (Å²) in [5.74, 6) is 0.839. The Labute approximate surface area is 170 Å². The second kappa shape index (κ2) is 7.99. The van der Waals surface area contributed by atoms with E-state index in [1.807, 2.05) is 22.9 Å². The van der Waals surface area contributed by atoms with Crippen LogP contribution in [0, 0.1) is 18.6 Å². The van der Waals surface area contributed by atoms with E-state index in [-0.39, 0.29) is 6.10 Å². The van der Waals surface area contributed by atoms with Crippen molar-refractivity contribution < 1.29 is 5.11 Å². The molecule has 1 fully saturated rings. The van der Waals surface area contributed by atoms with E-state index in [1.165, 1.54) is 11.1 Å². The van der Waals surface area contributed by atoms with Crippen LogP contribution >= 0.6 is 12.2 Å². The number of aryl methyl sites for hydroxylation is 2. The van der Waals surface area contributed by atoms with Crippen molar-refractivity contribution in [3.63, 3.8) is 0 Å². The maximum absolute atomic E-state index is 10.00. The van der Waals surface area contributed by atoms with E-state index in [9.17, 15) is 5.11 Å². The normalized spacial score (nSPS) is 17.8. The van der Waals surface area contributed by atoms with Crippen molar-refractivity contribution in [1.82, 2.24) is 19.2 Å². The summed E-state index contributed by atoms with van der Waals surface area (Å²) >= 11 is 5.84. The van der Waals surface area contributed by atoms with Gasteiger partial charge in [0.2, 0.25) is 4.77 Å². The molecule has 4 rings (SSSR count). The summed E-state index contributed by atoms with van der Waals surface area (Å²) in [6, 6.07) is 16.5. The highest BCUT2D eigenvalue weighted by atomic mass is 32.1. The highest BCUT2D eigenvalue weighted by Crippen LogP contribution is 2.24. The largest absolute Gasteiger partial charge is 0.392 e. The summed E-state index contributed by atoms with van der Waals surface area (Å²) in [5, 5.41) is 14.9. The van der Waals surface area contributed by atoms with Gasteiger partial charge in [-0.05, 0) is 62.2 Å². The number of hydrogen-bond donors (Lipinski definition) is 1. The van der Waals surface area contributed by atoms with Crippen LogP contribution in [0.1, 0.15) is 24.0 Å². The lowest BCUT2D eigenvalue weighted by Gasteiger charge is -2.29. The van der Waals surface area contributed by atoms with E-state index in [2.05, 4.69) is 53.6 Å². The topological polar surface area (TPSA) is 46.2 Å². The summed E-state index contributed by atoms with van der Waals surface area (Å²) in [4.78, 5) is 2.22. The Hall–Kier alpha value is -2.28. The van der Waals surface area contributed by atoms with E-state index in [0.29, 0.717) is 18.0 Å². The van der Waals surface area contributed by atoms with Gasteiger partial charge in [0.15, 0.2) is 5.82 Å². The summed E-state index contributed by atoms with van der Waals surface area (Å²) in [5.41, 5.74) is 4.54. The lowest BCUT2D eigenvalue weighted by atomic mass is 10.1. The zero-order chi connectivity index (χ0) is 19.7. The number of hydrogen-bond acceptors (Lipinski definition) is 4. The molecule has 146 valence electrons. The Morgan fingerprint density at radius 2 is 1.89 bits per heavy atom. The van der Waals surface area contributed by atoms with Crippen LogP contribution in [0.5, 0.6) is 0 Å². The first-order valence-electron chi connectivity index (χ1n) is 9.76. The van der Waals surface area contributed by atoms with Crippen LogP contribution in [0.25, 0.3) is 17.1 Å². The predicted octanol–water partition coefficient (Wildman–Crippen LogP) is 4.10. The third-order valence-electron chi connectivity index (χ3n) is 5.43. The van der Waals surface area contributed by atoms with Crippen LogP contribution in [0.15, 0.2) is 48.5 Å². The number of aliphatic hydroxyl groups is 1. The Morgan fingerprint density at radius 1 is 1.11 bits per heavy atom. The fourth-order valence-electron chi connectivity index (χ4n) is 3.72. The van der Waals surface area contributed by atoms with Gasteiger partial charge in [-0.25, -0.2) is 4.68 Å². The van der Waals surface area contributed by atoms with Gasteiger partial charge in [0, 0.05) is 18.7 Å². The highest BCUT2D eigenvalue weighted by molar-refractivity contribution is 7.71. The molecule has 0 aliphatic carbocycles. The molecule has 1 aliphatic heterocycles. The highest BCUT2D eigenvalue weighted by Gasteiger charge is 2.20. The number of benzene rings is 2. The molecule has 5 nitrogen and oxygen atoms in total. The van der Waals surface area contributed by atoms with Gasteiger partial charge in [0.25, 0.3) is 0 Å². The van der Waals surface area contributed by atoms with Crippen molar-refractivity contribution >= 4 is 12.2 Å². The van der Waals surface area contributed by atoms with Crippen molar-refractivity contribution in [3.8, 4) is 17.1 Å². The zero-order valence-corrected chi connectivity index (χ0v) is 17.2. The fraction of sp³-hybridized carbons (Fsp3) is 0.364. The van der Waals surface area contributed by atoms with Crippen molar-refractivity contribution in [2.24, 2.45) is 0 Å². The molecule has 1 aliphatic rings. The van der Waals surface area contributed by atoms with Crippen LogP contribution in [0.4, 0.5) is 0 Å². The van der Waals surface area contributed by atoms with Gasteiger partial charge in [-0.2, -0.15) is 0 Å². The molecule has 1 saturated heterocycles. The second-order valence-electron chi connectivity index (χ2n) is 7.59. The number of likely N-dealkylation sites (tertiary alicyclic amines) is 1. The molecule has 0 radical (unpaired) electrons. The maximum atomic E-state index is 10.00. The second-order valence-corrected chi connectivity index (χ2v) is 7.96. The number of aliphatic hydroxyl groups excluding tert-OH is 1. The standard InChI is InChI=1S/C22H26N4OS/c1-16-10-11-19(13-17(16)2)26-21(18-7-4-3-5-8-18)23-25(22(26)28)15-24-12-6-9-20(27)14-24/h3-5,7-8,10-11,13,20,27H,6,9,12,14-15H2,1-2H3/t20-/m0/s1. The van der Waals surface area contributed by atoms with Crippen molar-refractivity contribution in [3.05, 3.63) is 64.4 Å². The van der Waals surface area contributed by atoms with Crippen molar-refractivity contribution in [2.45, 2.75) is 39.5 Å². The van der Waals surface area contributed by atoms with Crippen molar-refractivity contribution in [1.29, 1.82) is 0 Å². The zero-order valence-electron chi connectivity index (χ0n) is 16.4. The molecular weight excluding hydrogens is 368 g/mol. The van der Waals surface area contributed by atoms with E-state index in [4.69, 9.17) is 17.3 Å². The van der Waals surface area contributed by atoms with Crippen LogP contribution < -0.4 is 0 Å². The molecule has 1 atom stereocenters. The van der Waals surface area contributed by atoms with E-state index < -0.39 is 0 Å². The van der Waals surface area contributed by atoms with Crippen LogP contribution in [-0.2, 0) is 6.67 Å². The number of rotatable bonds is 4. The SMILES string of the molecule is Cc1ccc(-n2c(-c3ccccc3)nn(CN3CCC[C@H](O)C3)c2=S)cc1C. The van der Waals surface area contributed by atoms with E-state index >= 15 is 0 Å². The van der Waals surface area contributed by atoms with Gasteiger partial charge >= 0.3 is 0 Å². The van der Waals surface area contributed by atoms with Gasteiger partial charge in [0.1, 0.15) is 0 Å². The minimum absolute atomic E-state index is 0.265. The molecule has 0 spiro atoms. The van der Waals surface area contributed by atoms with Gasteiger partial charge in [-0.1, -0.05) is 36.4 Å². The third-order valence-corrected chi connectivity index (χ3v) is 5.83. The number of piperidine rings is 1. The Bertz CT molecular complexity index is 1020. The number of aromatic nitrogens is 3. The number of β-amino-alcohol motifs (C(OH)–C–C–N with tert-alkyl or cyclic N) is 1. The number of nitrogens with zero attached hydrogens (tertiary/aromatic N) is 4. The minimum atomic E-state index is -0.265. The first-order valence-corrected chi connectivity index (χ1v) is 10.2. The Balaban J connectivity index is 1.80. The van der Waals surface area contributed by atoms with Crippen LogP contribution in [0.3, 0.4) is 0 Å². The maximum Gasteiger partial charge on any atom is 0.204 e. The molecule has 3 aromatic rings. The fourth-order valence-corrected chi connectivity index (χ4v) is 4.01. The van der Waals surface area contributed by atoms with Gasteiger partial charge in [-0.15, -0.1) is 5.10 Å². The molecule has 0 amide bonds. The summed E-state index contributed by atoms with van der Waals surface area (Å²) in [6.45, 7) is 6.44. The lowest BCUT2D eigenvalue weighted by Crippen LogP contribution is -2.39. The van der Waals surface area contributed by atoms with Crippen LogP contribution in [0.2, 0.25) is 0 Å². The van der Waals surface area contributed by atoms with Crippen molar-refractivity contribution in [2.75, 3.05) is 13.1 Å². The Morgan fingerprint density at radius 3 is 2.61 bits per heavy atom. The average molecular weight is 395 g/mol. The van der Waals surface area contributed by atoms with Gasteiger partial charge in [-0.3, -0.25) is 9.47 Å². The summed E-state index contributed by atoms with van der Waals surface area (Å²) < 4.78 is 4.60. The van der Waals surface area contributed by atoms with Gasteiger partial charge < -0.3 is 5.11 Å². The predicted molar refractivity (Wildman–Crippen MR) is 114 cm³/mol. The molecule has 28 heavy (non-hydrogen) atoms. The summed E-state index contributed by atoms with van der Waals surface area (Å²) in [6.07, 6.45) is 1.60. The first kappa shape index (κ1) is 19.1. The van der Waals surface area contributed by atoms with Gasteiger partial charge in [0.05, 0.1) is 18.5 Å². The molecule has 2 aromatic carbocycles. The molecule has 1 N–H and O–H groups in total. The molecule has 0 unspecified atom stereocenters. The monoisotopic (exact) mass is 394 g/mol. The van der Waals surface area contributed by atoms with E-state index in [0.717, 1.165) is 36.5 Å². The minimum Gasteiger partial charge on any atom is -0.392 e. The summed E-state index contributed by atoms with van der Waals surface area (Å²) in [7, 11) is 0. The molecule has 2 heterocycles. The first-order chi connectivity index (χ1) is 13.5. The molecule has 0 bridgehead atoms. The smallest absolute Gasteiger partial charge is 0.204 e. The quantitative estimate of drug-likeness (QED) is 0.677. The molecule has 1 aromatic heterocycles.